The molecule has 30 heteroatoms. The number of unbranched alkanes of at least 4 members (excludes halogenated alkanes) is 10. The fourth-order valence-corrected chi connectivity index (χ4v) is 9.36. The van der Waals surface area contributed by atoms with E-state index in [2.05, 4.69) is 66.7 Å². The van der Waals surface area contributed by atoms with Gasteiger partial charge in [-0.05, 0) is 49.9 Å². The molecule has 30 nitrogen and oxygen atoms in total. The van der Waals surface area contributed by atoms with Crippen LogP contribution in [0.25, 0.3) is 0 Å². The van der Waals surface area contributed by atoms with Gasteiger partial charge in [0.05, 0.1) is 32.6 Å². The van der Waals surface area contributed by atoms with Crippen LogP contribution in [0.15, 0.2) is 36.2 Å². The second-order valence-corrected chi connectivity index (χ2v) is 24.1. The molecule has 0 aliphatic carbocycles. The van der Waals surface area contributed by atoms with Crippen LogP contribution in [0.5, 0.6) is 0 Å². The van der Waals surface area contributed by atoms with Crippen LogP contribution in [0.2, 0.25) is 0 Å². The van der Waals surface area contributed by atoms with Gasteiger partial charge in [-0.2, -0.15) is 0 Å². The highest BCUT2D eigenvalue weighted by Gasteiger charge is 2.37. The van der Waals surface area contributed by atoms with Crippen LogP contribution in [0.1, 0.15) is 184 Å². The lowest BCUT2D eigenvalue weighted by atomic mass is 10.0. The van der Waals surface area contributed by atoms with E-state index < -0.39 is 169 Å². The number of carboxylic acids is 2. The van der Waals surface area contributed by atoms with Crippen molar-refractivity contribution in [2.75, 3.05) is 26.8 Å². The van der Waals surface area contributed by atoms with E-state index in [1.807, 2.05) is 6.92 Å². The number of hydrogen-bond acceptors (Lipinski definition) is 16. The summed E-state index contributed by atoms with van der Waals surface area (Å²) in [5, 5.41) is 64.1. The Labute approximate surface area is 545 Å². The lowest BCUT2D eigenvalue weighted by Crippen LogP contribution is -2.60. The third kappa shape index (κ3) is 35.9. The number of carbonyl (C=O) groups excluding carboxylic acids is 12. The second-order valence-electron chi connectivity index (χ2n) is 24.1. The van der Waals surface area contributed by atoms with Crippen molar-refractivity contribution in [1.82, 2.24) is 58.1 Å². The number of carbonyl (C=O) groups is 14. The van der Waals surface area contributed by atoms with Crippen molar-refractivity contribution in [3.63, 3.8) is 0 Å². The van der Waals surface area contributed by atoms with Gasteiger partial charge < -0.3 is 84.2 Å². The third-order valence-electron chi connectivity index (χ3n) is 14.2. The van der Waals surface area contributed by atoms with E-state index >= 15 is 0 Å². The molecule has 0 aromatic heterocycles. The topological polar surface area (TPSA) is 469 Å². The molecular formula is C63H106N12O18. The maximum atomic E-state index is 14.5. The summed E-state index contributed by atoms with van der Waals surface area (Å²) < 4.78 is 0. The Bertz CT molecular complexity index is 2570. The molecule has 16 N–H and O–H groups in total. The summed E-state index contributed by atoms with van der Waals surface area (Å²) >= 11 is 0. The number of aliphatic hydroxyl groups excluding tert-OH is 2. The van der Waals surface area contributed by atoms with E-state index in [0.717, 1.165) is 62.7 Å². The maximum Gasteiger partial charge on any atom is 0.305 e. The van der Waals surface area contributed by atoms with E-state index in [-0.39, 0.29) is 55.6 Å². The van der Waals surface area contributed by atoms with Gasteiger partial charge in [-0.3, -0.25) is 67.1 Å². The molecule has 0 rings (SSSR count). The number of rotatable bonds is 49. The first-order valence-electron chi connectivity index (χ1n) is 32.0. The number of primary amides is 1. The summed E-state index contributed by atoms with van der Waals surface area (Å²) in [6.07, 6.45) is 11.4. The summed E-state index contributed by atoms with van der Waals surface area (Å²) in [6.45, 7) is 16.4. The molecule has 0 saturated carbocycles. The van der Waals surface area contributed by atoms with Gasteiger partial charge >= 0.3 is 11.9 Å². The fourth-order valence-electron chi connectivity index (χ4n) is 9.36. The first-order chi connectivity index (χ1) is 43.8. The fraction of sp³-hybridized carbons (Fsp3) is 0.683. The Morgan fingerprint density at radius 2 is 0.903 bits per heavy atom. The molecule has 0 radical (unpaired) electrons. The van der Waals surface area contributed by atoms with E-state index in [1.165, 1.54) is 32.2 Å². The predicted molar refractivity (Wildman–Crippen MR) is 344 cm³/mol. The minimum Gasteiger partial charge on any atom is -0.481 e. The molecule has 0 aliphatic heterocycles. The van der Waals surface area contributed by atoms with Gasteiger partial charge in [0.25, 0.3) is 11.8 Å². The molecule has 0 fully saturated rings. The Morgan fingerprint density at radius 3 is 1.35 bits per heavy atom. The quantitative estimate of drug-likeness (QED) is 0.0225. The average molecular weight is 1320 g/mol. The van der Waals surface area contributed by atoms with E-state index in [4.69, 9.17) is 5.73 Å². The third-order valence-corrected chi connectivity index (χ3v) is 14.2. The number of aliphatic hydroxyl groups is 2. The largest absolute Gasteiger partial charge is 0.481 e. The zero-order chi connectivity index (χ0) is 70.9. The number of carboxylic acid groups (broad SMARTS) is 2. The van der Waals surface area contributed by atoms with Gasteiger partial charge in [-0.15, -0.1) is 6.58 Å². The minimum atomic E-state index is -1.94. The number of aliphatic carboxylic acids is 2. The summed E-state index contributed by atoms with van der Waals surface area (Å²) in [5.41, 5.74) is 4.59. The molecule has 0 aromatic carbocycles. The van der Waals surface area contributed by atoms with Crippen LogP contribution in [0.4, 0.5) is 0 Å². The average Bonchev–Trinajstić information content (AvgIpc) is 0.909. The zero-order valence-corrected chi connectivity index (χ0v) is 55.9. The predicted octanol–water partition coefficient (Wildman–Crippen LogP) is 0.588. The standard InChI is InChI=1S/C63H106N12O18/c1-12-15-18-20-22-24-27-41(66-40(10)78)56(86)73-49(36-77)61(91)70-45(30-38(6)7)58(88)74-48(35-76)60(90)69-43(26-17-14-3)63(93)75(11)50(31-39(8)9)62(92)72-47(33-53(82)83)59(89)68-42(28-25-23-21-19-16-13-2)57(87)71-46(32-52(80)81)55(85)65-34-51(79)67-44(54(64)84)29-37(4)5/h14,26,29,37-39,41-42,45-50,76-77H,3,12-13,15-25,27-28,30-36H2,1-2,4-11H3,(H2,64,84)(H,65,85)(H,66,78)(H,67,79)(H,68,89)(H,69,90)(H,70,91)(H,71,87)(H,72,92)(H,73,86)(H,74,88)(H,80,81)(H,82,83)/b43-26+,44-29+/t41?,42-,45+,46+,47+,48-,49-,50-/m1/s1. The van der Waals surface area contributed by atoms with Crippen LogP contribution < -0.4 is 58.9 Å². The Hall–Kier alpha value is -8.28. The van der Waals surface area contributed by atoms with Gasteiger partial charge in [0, 0.05) is 14.0 Å². The van der Waals surface area contributed by atoms with Crippen LogP contribution >= 0.6 is 0 Å². The monoisotopic (exact) mass is 1320 g/mol. The van der Waals surface area contributed by atoms with Crippen molar-refractivity contribution in [2.45, 2.75) is 233 Å². The highest BCUT2D eigenvalue weighted by atomic mass is 16.4. The van der Waals surface area contributed by atoms with E-state index in [9.17, 15) is 87.5 Å². The highest BCUT2D eigenvalue weighted by molar-refractivity contribution is 6.03. The van der Waals surface area contributed by atoms with Crippen LogP contribution in [-0.2, 0) is 67.1 Å². The first kappa shape index (κ1) is 84.7. The van der Waals surface area contributed by atoms with Crippen molar-refractivity contribution < 1.29 is 87.5 Å². The summed E-state index contributed by atoms with van der Waals surface area (Å²) in [5.74, 6) is -15.8. The van der Waals surface area contributed by atoms with Crippen molar-refractivity contribution >= 4 is 82.8 Å². The minimum absolute atomic E-state index is 0.0486. The van der Waals surface area contributed by atoms with Crippen molar-refractivity contribution in [3.05, 3.63) is 36.2 Å². The first-order valence-corrected chi connectivity index (χ1v) is 32.0. The Morgan fingerprint density at radius 1 is 0.495 bits per heavy atom. The van der Waals surface area contributed by atoms with Crippen molar-refractivity contribution in [3.8, 4) is 0 Å². The number of hydrogen-bond donors (Lipinski definition) is 15. The molecule has 0 aromatic rings. The smallest absolute Gasteiger partial charge is 0.305 e. The molecule has 0 aliphatic rings. The SMILES string of the molecule is C=CC/C=C(/NC(=O)[C@@H](CO)NC(=O)[C@H](CC(C)C)NC(=O)[C@@H](CO)NC(=O)C(CCCCCCCC)NC(C)=O)C(=O)N(C)[C@H](CC(C)C)C(=O)N[C@@H](CC(=O)O)C(=O)N[C@H](CCCCCCCC)C(=O)N[C@@H](CC(=O)O)C(=O)NCC(=O)N/C(=C/C(C)C)C(N)=O. The molecule has 93 heavy (non-hydrogen) atoms. The number of nitrogens with two attached hydrogens (primary N) is 1. The number of amides is 12. The van der Waals surface area contributed by atoms with Gasteiger partial charge in [0.15, 0.2) is 0 Å². The van der Waals surface area contributed by atoms with Gasteiger partial charge in [-0.25, -0.2) is 0 Å². The number of likely N-dealkylation sites (N-methyl/N-ethyl adjacent to an activating group) is 1. The lowest BCUT2D eigenvalue weighted by Gasteiger charge is -2.31. The summed E-state index contributed by atoms with van der Waals surface area (Å²) in [7, 11) is 1.18. The number of nitrogens with one attached hydrogen (secondary N) is 10. The van der Waals surface area contributed by atoms with E-state index in [0.29, 0.717) is 19.3 Å². The molecule has 12 amide bonds. The molecule has 0 heterocycles. The molecular weight excluding hydrogens is 1210 g/mol. The molecule has 0 saturated heterocycles. The van der Waals surface area contributed by atoms with Crippen molar-refractivity contribution in [2.24, 2.45) is 23.5 Å². The van der Waals surface area contributed by atoms with Crippen LogP contribution in [0.3, 0.4) is 0 Å². The highest BCUT2D eigenvalue weighted by Crippen LogP contribution is 2.17. The van der Waals surface area contributed by atoms with Crippen LogP contribution in [-0.4, -0.2) is 183 Å². The van der Waals surface area contributed by atoms with E-state index in [1.54, 1.807) is 41.5 Å². The second kappa shape index (κ2) is 46.7. The number of allylic oxidation sites excluding steroid dienone is 3. The molecule has 1 unspecified atom stereocenters. The van der Waals surface area contributed by atoms with Gasteiger partial charge in [0.2, 0.25) is 59.1 Å². The normalized spacial score (nSPS) is 14.1. The van der Waals surface area contributed by atoms with Gasteiger partial charge in [0.1, 0.15) is 59.7 Å². The molecule has 0 spiro atoms. The molecule has 8 atom stereocenters. The Kier molecular flexibility index (Phi) is 42.6. The zero-order valence-electron chi connectivity index (χ0n) is 55.9. The number of nitrogens with zero attached hydrogens (tertiary/aromatic N) is 1. The maximum absolute atomic E-state index is 14.5. The van der Waals surface area contributed by atoms with Crippen LogP contribution in [0, 0.1) is 17.8 Å². The van der Waals surface area contributed by atoms with Gasteiger partial charge in [-0.1, -0.05) is 151 Å². The summed E-state index contributed by atoms with van der Waals surface area (Å²) in [4.78, 5) is 187. The lowest BCUT2D eigenvalue weighted by molar-refractivity contribution is -0.143. The Balaban J connectivity index is 6.85. The molecule has 0 bridgehead atoms. The van der Waals surface area contributed by atoms with Crippen molar-refractivity contribution in [1.29, 1.82) is 0 Å². The molecule has 526 valence electrons. The summed E-state index contributed by atoms with van der Waals surface area (Å²) in [6, 6.07) is -12.7.